The van der Waals surface area contributed by atoms with Crippen molar-refractivity contribution in [2.45, 2.75) is 46.3 Å². The van der Waals surface area contributed by atoms with Crippen molar-refractivity contribution in [3.8, 4) is 0 Å². The number of nitrogens with zero attached hydrogens (tertiary/aromatic N) is 2. The smallest absolute Gasteiger partial charge is 0.272 e. The van der Waals surface area contributed by atoms with Gasteiger partial charge in [0.1, 0.15) is 6.04 Å². The van der Waals surface area contributed by atoms with Gasteiger partial charge in [-0.15, -0.1) is 0 Å². The molecule has 0 fully saturated rings. The SMILES string of the molecule is CNC(=O)C(NC(=O)c1nc(Br)n2c1CNCCC2)C(C)(C)C. The maximum atomic E-state index is 12.7. The molecule has 2 amide bonds. The van der Waals surface area contributed by atoms with Gasteiger partial charge in [0, 0.05) is 20.1 Å². The van der Waals surface area contributed by atoms with Crippen LogP contribution in [0.1, 0.15) is 43.4 Å². The minimum atomic E-state index is -0.630. The molecular formula is C15H24BrN5O2. The van der Waals surface area contributed by atoms with E-state index in [1.807, 2.05) is 25.3 Å². The minimum absolute atomic E-state index is 0.215. The van der Waals surface area contributed by atoms with Crippen molar-refractivity contribution in [1.82, 2.24) is 25.5 Å². The molecule has 1 aromatic heterocycles. The van der Waals surface area contributed by atoms with Crippen LogP contribution in [0.15, 0.2) is 4.73 Å². The van der Waals surface area contributed by atoms with Crippen LogP contribution < -0.4 is 16.0 Å². The maximum absolute atomic E-state index is 12.7. The fourth-order valence-corrected chi connectivity index (χ4v) is 3.20. The third kappa shape index (κ3) is 3.92. The van der Waals surface area contributed by atoms with E-state index in [0.717, 1.165) is 25.2 Å². The van der Waals surface area contributed by atoms with Crippen LogP contribution in [0.5, 0.6) is 0 Å². The van der Waals surface area contributed by atoms with Gasteiger partial charge >= 0.3 is 0 Å². The van der Waals surface area contributed by atoms with Crippen molar-refractivity contribution >= 4 is 27.7 Å². The van der Waals surface area contributed by atoms with E-state index in [9.17, 15) is 9.59 Å². The molecule has 2 rings (SSSR count). The zero-order valence-corrected chi connectivity index (χ0v) is 15.6. The highest BCUT2D eigenvalue weighted by Gasteiger charge is 2.34. The van der Waals surface area contributed by atoms with Gasteiger partial charge in [-0.3, -0.25) is 9.59 Å². The summed E-state index contributed by atoms with van der Waals surface area (Å²) in [6.45, 7) is 8.04. The van der Waals surface area contributed by atoms with E-state index in [0.29, 0.717) is 17.0 Å². The standard InChI is InChI=1S/C15H24BrN5O2/c1-15(2,3)11(13(23)17-4)20-12(22)10-9-8-18-6-5-7-21(9)14(16)19-10/h11,18H,5-8H2,1-4H3,(H,17,23)(H,20,22). The summed E-state index contributed by atoms with van der Waals surface area (Å²) in [5, 5.41) is 8.73. The summed E-state index contributed by atoms with van der Waals surface area (Å²) in [6, 6.07) is -0.630. The molecule has 0 saturated carbocycles. The lowest BCUT2D eigenvalue weighted by molar-refractivity contribution is -0.124. The molecule has 2 heterocycles. The third-order valence-corrected chi connectivity index (χ3v) is 4.52. The second-order valence-electron chi connectivity index (χ2n) is 6.74. The Kier molecular flexibility index (Phi) is 5.46. The number of carbonyl (C=O) groups excluding carboxylic acids is 2. The van der Waals surface area contributed by atoms with E-state index in [1.165, 1.54) is 0 Å². The Labute approximate surface area is 144 Å². The van der Waals surface area contributed by atoms with E-state index in [4.69, 9.17) is 0 Å². The molecule has 0 bridgehead atoms. The fraction of sp³-hybridized carbons (Fsp3) is 0.667. The molecule has 7 nitrogen and oxygen atoms in total. The van der Waals surface area contributed by atoms with Crippen molar-refractivity contribution in [2.75, 3.05) is 13.6 Å². The molecule has 1 aliphatic rings. The van der Waals surface area contributed by atoms with Crippen molar-refractivity contribution < 1.29 is 9.59 Å². The number of nitrogens with one attached hydrogen (secondary N) is 3. The molecule has 1 atom stereocenters. The summed E-state index contributed by atoms with van der Waals surface area (Å²) >= 11 is 3.42. The predicted octanol–water partition coefficient (Wildman–Crippen LogP) is 1.03. The Bertz CT molecular complexity index is 606. The first kappa shape index (κ1) is 17.9. The average molecular weight is 386 g/mol. The first-order chi connectivity index (χ1) is 10.8. The molecule has 23 heavy (non-hydrogen) atoms. The summed E-state index contributed by atoms with van der Waals surface area (Å²) in [7, 11) is 1.57. The Morgan fingerprint density at radius 1 is 1.39 bits per heavy atom. The van der Waals surface area contributed by atoms with Gasteiger partial charge in [-0.25, -0.2) is 4.98 Å². The van der Waals surface area contributed by atoms with Crippen molar-refractivity contribution in [1.29, 1.82) is 0 Å². The van der Waals surface area contributed by atoms with Crippen molar-refractivity contribution in [2.24, 2.45) is 5.41 Å². The lowest BCUT2D eigenvalue weighted by Crippen LogP contribution is -2.53. The molecule has 1 aromatic rings. The van der Waals surface area contributed by atoms with Gasteiger partial charge in [0.15, 0.2) is 10.4 Å². The number of aromatic nitrogens is 2. The molecule has 8 heteroatoms. The van der Waals surface area contributed by atoms with Crippen molar-refractivity contribution in [3.05, 3.63) is 16.1 Å². The first-order valence-corrected chi connectivity index (χ1v) is 8.53. The Balaban J connectivity index is 2.28. The Hall–Kier alpha value is -1.41. The molecule has 0 spiro atoms. The summed E-state index contributed by atoms with van der Waals surface area (Å²) in [6.07, 6.45) is 0.978. The van der Waals surface area contributed by atoms with Crippen LogP contribution in [0.4, 0.5) is 0 Å². The number of fused-ring (bicyclic) bond motifs is 1. The maximum Gasteiger partial charge on any atom is 0.272 e. The molecular weight excluding hydrogens is 362 g/mol. The second-order valence-corrected chi connectivity index (χ2v) is 7.45. The monoisotopic (exact) mass is 385 g/mol. The van der Waals surface area contributed by atoms with Crippen LogP contribution in [0.3, 0.4) is 0 Å². The van der Waals surface area contributed by atoms with E-state index < -0.39 is 11.5 Å². The number of hydrogen-bond acceptors (Lipinski definition) is 4. The van der Waals surface area contributed by atoms with Crippen LogP contribution in [-0.2, 0) is 17.9 Å². The first-order valence-electron chi connectivity index (χ1n) is 7.73. The number of hydrogen-bond donors (Lipinski definition) is 3. The van der Waals surface area contributed by atoms with Crippen molar-refractivity contribution in [3.63, 3.8) is 0 Å². The van der Waals surface area contributed by atoms with Crippen LogP contribution in [0, 0.1) is 5.41 Å². The van der Waals surface area contributed by atoms with Gasteiger partial charge in [-0.05, 0) is 34.3 Å². The lowest BCUT2D eigenvalue weighted by Gasteiger charge is -2.29. The summed E-state index contributed by atoms with van der Waals surface area (Å²) < 4.78 is 2.65. The number of amides is 2. The van der Waals surface area contributed by atoms with E-state index in [-0.39, 0.29) is 11.8 Å². The largest absolute Gasteiger partial charge is 0.357 e. The molecule has 3 N–H and O–H groups in total. The third-order valence-electron chi connectivity index (χ3n) is 3.92. The van der Waals surface area contributed by atoms with Crippen LogP contribution in [-0.4, -0.2) is 41.0 Å². The summed E-state index contributed by atoms with van der Waals surface area (Å²) in [5.41, 5.74) is 0.808. The summed E-state index contributed by atoms with van der Waals surface area (Å²) in [5.74, 6) is -0.542. The van der Waals surface area contributed by atoms with E-state index in [1.54, 1.807) is 7.05 Å². The molecule has 1 aliphatic heterocycles. The second kappa shape index (κ2) is 7.00. The minimum Gasteiger partial charge on any atom is -0.357 e. The van der Waals surface area contributed by atoms with Crippen LogP contribution >= 0.6 is 15.9 Å². The van der Waals surface area contributed by atoms with Gasteiger partial charge in [-0.1, -0.05) is 20.8 Å². The van der Waals surface area contributed by atoms with Gasteiger partial charge in [0.2, 0.25) is 5.91 Å². The molecule has 0 aliphatic carbocycles. The van der Waals surface area contributed by atoms with Crippen LogP contribution in [0.25, 0.3) is 0 Å². The van der Waals surface area contributed by atoms with E-state index >= 15 is 0 Å². The fourth-order valence-electron chi connectivity index (χ4n) is 2.63. The molecule has 0 radical (unpaired) electrons. The number of likely N-dealkylation sites (N-methyl/N-ethyl adjacent to an activating group) is 1. The van der Waals surface area contributed by atoms with Gasteiger partial charge in [0.05, 0.1) is 5.69 Å². The highest BCUT2D eigenvalue weighted by Crippen LogP contribution is 2.22. The normalized spacial score (nSPS) is 16.2. The zero-order valence-electron chi connectivity index (χ0n) is 14.0. The topological polar surface area (TPSA) is 88.1 Å². The zero-order chi connectivity index (χ0) is 17.2. The lowest BCUT2D eigenvalue weighted by atomic mass is 9.86. The van der Waals surface area contributed by atoms with Gasteiger partial charge < -0.3 is 20.5 Å². The molecule has 128 valence electrons. The predicted molar refractivity (Wildman–Crippen MR) is 91.0 cm³/mol. The summed E-state index contributed by atoms with van der Waals surface area (Å²) in [4.78, 5) is 29.2. The highest BCUT2D eigenvalue weighted by molar-refractivity contribution is 9.10. The number of carbonyl (C=O) groups is 2. The highest BCUT2D eigenvalue weighted by atomic mass is 79.9. The number of halogens is 1. The quantitative estimate of drug-likeness (QED) is 0.724. The van der Waals surface area contributed by atoms with Gasteiger partial charge in [-0.2, -0.15) is 0 Å². The van der Waals surface area contributed by atoms with Crippen LogP contribution in [0.2, 0.25) is 0 Å². The van der Waals surface area contributed by atoms with E-state index in [2.05, 4.69) is 36.9 Å². The average Bonchev–Trinajstić information content (AvgIpc) is 2.67. The molecule has 1 unspecified atom stereocenters. The Morgan fingerprint density at radius 3 is 2.70 bits per heavy atom. The molecule has 0 saturated heterocycles. The molecule has 0 aromatic carbocycles. The van der Waals surface area contributed by atoms with Gasteiger partial charge in [0.25, 0.3) is 5.91 Å². The number of imidazole rings is 1. The number of rotatable bonds is 3. The Morgan fingerprint density at radius 2 is 2.09 bits per heavy atom.